The summed E-state index contributed by atoms with van der Waals surface area (Å²) in [5.41, 5.74) is 2.34. The number of fused-ring (bicyclic) bond motifs is 1. The van der Waals surface area contributed by atoms with Crippen molar-refractivity contribution >= 4 is 21.6 Å². The Labute approximate surface area is 124 Å². The van der Waals surface area contributed by atoms with Gasteiger partial charge in [-0.3, -0.25) is 4.98 Å². The van der Waals surface area contributed by atoms with Crippen LogP contribution >= 0.6 is 11.3 Å². The average molecular weight is 293 g/mol. The molecule has 0 amide bonds. The highest BCUT2D eigenvalue weighted by molar-refractivity contribution is 7.17. The fraction of sp³-hybridized carbons (Fsp3) is 0.533. The van der Waals surface area contributed by atoms with Crippen LogP contribution in [0.4, 0.5) is 0 Å². The average Bonchev–Trinajstić information content (AvgIpc) is 2.92. The summed E-state index contributed by atoms with van der Waals surface area (Å²) in [4.78, 5) is 6.76. The summed E-state index contributed by atoms with van der Waals surface area (Å²) in [6.07, 6.45) is 1.97. The number of ether oxygens (including phenoxy) is 1. The van der Waals surface area contributed by atoms with E-state index in [1.54, 1.807) is 18.4 Å². The van der Waals surface area contributed by atoms with Crippen molar-refractivity contribution in [2.24, 2.45) is 0 Å². The second-order valence-corrected chi connectivity index (χ2v) is 5.99. The van der Waals surface area contributed by atoms with Crippen molar-refractivity contribution in [3.8, 4) is 0 Å². The Morgan fingerprint density at radius 2 is 2.30 bits per heavy atom. The van der Waals surface area contributed by atoms with Crippen LogP contribution < -0.4 is 5.32 Å². The highest BCUT2D eigenvalue weighted by atomic mass is 32.1. The number of pyridine rings is 1. The van der Waals surface area contributed by atoms with Gasteiger partial charge in [-0.1, -0.05) is 0 Å². The highest BCUT2D eigenvalue weighted by Crippen LogP contribution is 2.22. The van der Waals surface area contributed by atoms with Crippen LogP contribution in [-0.4, -0.2) is 50.3 Å². The fourth-order valence-corrected chi connectivity index (χ4v) is 2.84. The van der Waals surface area contributed by atoms with Crippen molar-refractivity contribution in [2.75, 3.05) is 40.4 Å². The van der Waals surface area contributed by atoms with E-state index in [4.69, 9.17) is 4.74 Å². The van der Waals surface area contributed by atoms with E-state index >= 15 is 0 Å². The normalized spacial score (nSPS) is 13.2. The SMILES string of the molecule is COCCN(C)CCNC(C)c1cnc2ccsc2c1. The molecule has 0 aliphatic rings. The van der Waals surface area contributed by atoms with Gasteiger partial charge in [-0.05, 0) is 37.0 Å². The lowest BCUT2D eigenvalue weighted by molar-refractivity contribution is 0.161. The topological polar surface area (TPSA) is 37.4 Å². The molecule has 0 aliphatic heterocycles. The molecule has 0 saturated heterocycles. The molecule has 0 bridgehead atoms. The zero-order valence-electron chi connectivity index (χ0n) is 12.4. The molecule has 1 unspecified atom stereocenters. The molecule has 110 valence electrons. The van der Waals surface area contributed by atoms with Gasteiger partial charge in [0.25, 0.3) is 0 Å². The number of hydrogen-bond donors (Lipinski definition) is 1. The minimum atomic E-state index is 0.324. The summed E-state index contributed by atoms with van der Waals surface area (Å²) in [7, 11) is 3.85. The maximum atomic E-state index is 5.07. The molecule has 2 heterocycles. The molecule has 20 heavy (non-hydrogen) atoms. The van der Waals surface area contributed by atoms with E-state index < -0.39 is 0 Å². The summed E-state index contributed by atoms with van der Waals surface area (Å²) < 4.78 is 6.33. The van der Waals surface area contributed by atoms with Crippen LogP contribution in [0.2, 0.25) is 0 Å². The molecular formula is C15H23N3OS. The monoisotopic (exact) mass is 293 g/mol. The molecule has 0 fully saturated rings. The van der Waals surface area contributed by atoms with Crippen LogP contribution in [-0.2, 0) is 4.74 Å². The van der Waals surface area contributed by atoms with Gasteiger partial charge in [0.1, 0.15) is 0 Å². The third-order valence-electron chi connectivity index (χ3n) is 3.45. The Hall–Kier alpha value is -1.01. The number of nitrogens with one attached hydrogen (secondary N) is 1. The first kappa shape index (κ1) is 15.4. The maximum Gasteiger partial charge on any atom is 0.0809 e. The smallest absolute Gasteiger partial charge is 0.0809 e. The lowest BCUT2D eigenvalue weighted by Gasteiger charge is -2.19. The first-order valence-electron chi connectivity index (χ1n) is 6.94. The van der Waals surface area contributed by atoms with Gasteiger partial charge in [0.2, 0.25) is 0 Å². The second-order valence-electron chi connectivity index (χ2n) is 5.04. The lowest BCUT2D eigenvalue weighted by Crippen LogP contribution is -2.32. The Morgan fingerprint density at radius 1 is 1.45 bits per heavy atom. The Morgan fingerprint density at radius 3 is 3.10 bits per heavy atom. The van der Waals surface area contributed by atoms with Crippen molar-refractivity contribution < 1.29 is 4.74 Å². The first-order valence-corrected chi connectivity index (χ1v) is 7.82. The summed E-state index contributed by atoms with van der Waals surface area (Å²) in [6, 6.07) is 4.62. The van der Waals surface area contributed by atoms with Gasteiger partial charge >= 0.3 is 0 Å². The molecule has 0 saturated carbocycles. The molecule has 2 aromatic rings. The van der Waals surface area contributed by atoms with Crippen LogP contribution in [0.1, 0.15) is 18.5 Å². The largest absolute Gasteiger partial charge is 0.383 e. The summed E-state index contributed by atoms with van der Waals surface area (Å²) in [6.45, 7) is 5.91. The number of aromatic nitrogens is 1. The van der Waals surface area contributed by atoms with E-state index in [9.17, 15) is 0 Å². The molecule has 2 aromatic heterocycles. The van der Waals surface area contributed by atoms with Gasteiger partial charge in [0.05, 0.1) is 16.8 Å². The molecule has 0 aromatic carbocycles. The van der Waals surface area contributed by atoms with E-state index in [0.717, 1.165) is 31.8 Å². The van der Waals surface area contributed by atoms with Gasteiger partial charge in [-0.2, -0.15) is 0 Å². The quantitative estimate of drug-likeness (QED) is 0.811. The van der Waals surface area contributed by atoms with Gasteiger partial charge in [0.15, 0.2) is 0 Å². The van der Waals surface area contributed by atoms with Crippen LogP contribution in [0.15, 0.2) is 23.7 Å². The minimum Gasteiger partial charge on any atom is -0.383 e. The zero-order valence-corrected chi connectivity index (χ0v) is 13.2. The van der Waals surface area contributed by atoms with Crippen LogP contribution in [0, 0.1) is 0 Å². The molecule has 2 rings (SSSR count). The van der Waals surface area contributed by atoms with Crippen LogP contribution in [0.25, 0.3) is 10.2 Å². The van der Waals surface area contributed by atoms with Crippen LogP contribution in [0.3, 0.4) is 0 Å². The van der Waals surface area contributed by atoms with Crippen LogP contribution in [0.5, 0.6) is 0 Å². The van der Waals surface area contributed by atoms with E-state index in [1.165, 1.54) is 10.3 Å². The van der Waals surface area contributed by atoms with Gasteiger partial charge in [-0.25, -0.2) is 0 Å². The lowest BCUT2D eigenvalue weighted by atomic mass is 10.1. The van der Waals surface area contributed by atoms with Crippen molar-refractivity contribution in [1.82, 2.24) is 15.2 Å². The van der Waals surface area contributed by atoms with Crippen molar-refractivity contribution in [3.63, 3.8) is 0 Å². The van der Waals surface area contributed by atoms with Crippen molar-refractivity contribution in [2.45, 2.75) is 13.0 Å². The molecule has 0 spiro atoms. The Bertz CT molecular complexity index is 529. The van der Waals surface area contributed by atoms with E-state index in [-0.39, 0.29) is 0 Å². The molecule has 4 nitrogen and oxygen atoms in total. The van der Waals surface area contributed by atoms with E-state index in [0.29, 0.717) is 6.04 Å². The second kappa shape index (κ2) is 7.69. The molecule has 5 heteroatoms. The third kappa shape index (κ3) is 4.24. The van der Waals surface area contributed by atoms with Gasteiger partial charge < -0.3 is 15.0 Å². The van der Waals surface area contributed by atoms with Gasteiger partial charge in [-0.15, -0.1) is 11.3 Å². The van der Waals surface area contributed by atoms with Crippen molar-refractivity contribution in [3.05, 3.63) is 29.3 Å². The number of rotatable bonds is 8. The Kier molecular flexibility index (Phi) is 5.91. The molecule has 1 atom stereocenters. The van der Waals surface area contributed by atoms with E-state index in [2.05, 4.69) is 46.7 Å². The maximum absolute atomic E-state index is 5.07. The van der Waals surface area contributed by atoms with Gasteiger partial charge in [0, 0.05) is 39.0 Å². The van der Waals surface area contributed by atoms with Crippen molar-refractivity contribution in [1.29, 1.82) is 0 Å². The summed E-state index contributed by atoms with van der Waals surface area (Å²) in [5.74, 6) is 0. The molecule has 0 radical (unpaired) electrons. The first-order chi connectivity index (χ1) is 9.70. The highest BCUT2D eigenvalue weighted by Gasteiger charge is 2.07. The standard InChI is InChI=1S/C15H23N3OS/c1-12(16-5-6-18(2)7-8-19-3)13-10-15-14(17-11-13)4-9-20-15/h4,9-12,16H,5-8H2,1-3H3. The summed E-state index contributed by atoms with van der Waals surface area (Å²) in [5, 5.41) is 5.63. The Balaban J connectivity index is 1.80. The molecular weight excluding hydrogens is 270 g/mol. The number of likely N-dealkylation sites (N-methyl/N-ethyl adjacent to an activating group) is 1. The third-order valence-corrected chi connectivity index (χ3v) is 4.30. The number of thiophene rings is 1. The minimum absolute atomic E-state index is 0.324. The number of hydrogen-bond acceptors (Lipinski definition) is 5. The molecule has 0 aliphatic carbocycles. The number of nitrogens with zero attached hydrogens (tertiary/aromatic N) is 2. The van der Waals surface area contributed by atoms with E-state index in [1.807, 2.05) is 6.20 Å². The zero-order chi connectivity index (χ0) is 14.4. The summed E-state index contributed by atoms with van der Waals surface area (Å²) >= 11 is 1.74. The predicted molar refractivity (Wildman–Crippen MR) is 85.4 cm³/mol. The molecule has 1 N–H and O–H groups in total. The predicted octanol–water partition coefficient (Wildman–Crippen LogP) is 2.53. The fourth-order valence-electron chi connectivity index (χ4n) is 2.05. The number of methoxy groups -OCH3 is 1.